The van der Waals surface area contributed by atoms with E-state index in [9.17, 15) is 4.79 Å². The molecular formula is C21H27ClN2O3S. The van der Waals surface area contributed by atoms with Crippen LogP contribution in [0.3, 0.4) is 0 Å². The van der Waals surface area contributed by atoms with Crippen LogP contribution in [0.5, 0.6) is 5.75 Å². The molecule has 1 amide bonds. The Bertz CT molecular complexity index is 920. The summed E-state index contributed by atoms with van der Waals surface area (Å²) in [6.07, 6.45) is 4.56. The van der Waals surface area contributed by atoms with Crippen molar-refractivity contribution in [2.75, 3.05) is 14.2 Å². The van der Waals surface area contributed by atoms with E-state index in [1.807, 2.05) is 0 Å². The molecule has 1 fully saturated rings. The molecule has 7 heteroatoms. The molecule has 1 saturated carbocycles. The molecular weight excluding hydrogens is 396 g/mol. The highest BCUT2D eigenvalue weighted by Gasteiger charge is 2.30. The molecule has 1 aliphatic carbocycles. The highest BCUT2D eigenvalue weighted by Crippen LogP contribution is 2.32. The Hall–Kier alpha value is -1.63. The molecule has 0 saturated heterocycles. The molecule has 5 nitrogen and oxygen atoms in total. The number of rotatable bonds is 5. The van der Waals surface area contributed by atoms with Gasteiger partial charge < -0.3 is 14.0 Å². The van der Waals surface area contributed by atoms with Gasteiger partial charge in [0, 0.05) is 29.8 Å². The molecule has 0 spiro atoms. The van der Waals surface area contributed by atoms with E-state index in [1.54, 1.807) is 36.6 Å². The van der Waals surface area contributed by atoms with E-state index in [2.05, 4.69) is 36.5 Å². The van der Waals surface area contributed by atoms with Gasteiger partial charge in [-0.15, -0.1) is 11.3 Å². The number of amides is 1. The Labute approximate surface area is 175 Å². The lowest BCUT2D eigenvalue weighted by Gasteiger charge is -2.34. The maximum Gasteiger partial charge on any atom is 0.283 e. The summed E-state index contributed by atoms with van der Waals surface area (Å²) in [7, 11) is 3.29. The predicted molar refractivity (Wildman–Crippen MR) is 112 cm³/mol. The zero-order valence-electron chi connectivity index (χ0n) is 17.0. The maximum atomic E-state index is 12.9. The van der Waals surface area contributed by atoms with Crippen molar-refractivity contribution in [1.82, 2.24) is 4.57 Å². The molecule has 28 heavy (non-hydrogen) atoms. The minimum atomic E-state index is -0.348. The number of hydrogen-bond acceptors (Lipinski definition) is 4. The molecule has 1 aromatic heterocycles. The van der Waals surface area contributed by atoms with Crippen molar-refractivity contribution in [2.24, 2.45) is 10.9 Å². The van der Waals surface area contributed by atoms with Crippen LogP contribution in [0, 0.1) is 5.92 Å². The van der Waals surface area contributed by atoms with Gasteiger partial charge in [-0.05, 0) is 42.4 Å². The number of nitrogens with zero attached hydrogens (tertiary/aromatic N) is 2. The Balaban J connectivity index is 1.96. The lowest BCUT2D eigenvalue weighted by Crippen LogP contribution is -2.35. The number of thiazole rings is 1. The predicted octanol–water partition coefficient (Wildman–Crippen LogP) is 4.68. The monoisotopic (exact) mass is 422 g/mol. The van der Waals surface area contributed by atoms with E-state index in [0.717, 1.165) is 19.4 Å². The van der Waals surface area contributed by atoms with Gasteiger partial charge in [-0.2, -0.15) is 4.99 Å². The molecule has 1 aromatic carbocycles. The number of halogens is 1. The Morgan fingerprint density at radius 1 is 1.32 bits per heavy atom. The second-order valence-corrected chi connectivity index (χ2v) is 9.68. The van der Waals surface area contributed by atoms with Crippen molar-refractivity contribution < 1.29 is 14.3 Å². The van der Waals surface area contributed by atoms with Crippen LogP contribution in [0.2, 0.25) is 5.02 Å². The van der Waals surface area contributed by atoms with Gasteiger partial charge in [0.2, 0.25) is 0 Å². The zero-order valence-corrected chi connectivity index (χ0v) is 18.6. The lowest BCUT2D eigenvalue weighted by atomic mass is 9.82. The SMILES string of the molecule is COc1ccc(Cl)cc1C(=O)/N=c1\sc(C(C)(C)C)cn1C[C@H]1C[C@@H](OC)C1. The smallest absolute Gasteiger partial charge is 0.283 e. The van der Waals surface area contributed by atoms with Crippen LogP contribution in [0.4, 0.5) is 0 Å². The van der Waals surface area contributed by atoms with Crippen molar-refractivity contribution in [3.63, 3.8) is 0 Å². The van der Waals surface area contributed by atoms with Crippen LogP contribution in [-0.2, 0) is 16.7 Å². The van der Waals surface area contributed by atoms with Crippen LogP contribution < -0.4 is 9.54 Å². The largest absolute Gasteiger partial charge is 0.496 e. The second kappa shape index (κ2) is 8.39. The number of methoxy groups -OCH3 is 2. The number of ether oxygens (including phenoxy) is 2. The molecule has 1 heterocycles. The van der Waals surface area contributed by atoms with Crippen LogP contribution >= 0.6 is 22.9 Å². The summed E-state index contributed by atoms with van der Waals surface area (Å²) < 4.78 is 12.8. The van der Waals surface area contributed by atoms with Crippen LogP contribution in [-0.4, -0.2) is 30.8 Å². The van der Waals surface area contributed by atoms with Gasteiger partial charge in [-0.1, -0.05) is 32.4 Å². The first-order valence-electron chi connectivity index (χ1n) is 9.37. The maximum absolute atomic E-state index is 12.9. The first-order chi connectivity index (χ1) is 13.2. The quantitative estimate of drug-likeness (QED) is 0.703. The second-order valence-electron chi connectivity index (χ2n) is 8.24. The van der Waals surface area contributed by atoms with Gasteiger partial charge in [-0.25, -0.2) is 0 Å². The van der Waals surface area contributed by atoms with Crippen molar-refractivity contribution in [3.8, 4) is 5.75 Å². The van der Waals surface area contributed by atoms with Crippen molar-refractivity contribution in [1.29, 1.82) is 0 Å². The van der Waals surface area contributed by atoms with Crippen molar-refractivity contribution in [2.45, 2.75) is 51.7 Å². The Morgan fingerprint density at radius 3 is 2.64 bits per heavy atom. The standard InChI is InChI=1S/C21H27ClN2O3S/c1-21(2,3)18-12-24(11-13-8-15(9-13)26-4)20(28-18)23-19(25)16-10-14(22)6-7-17(16)27-5/h6-7,10,12-13,15H,8-9,11H2,1-5H3/b23-20-/t13-,15+. The number of hydrogen-bond donors (Lipinski definition) is 0. The van der Waals surface area contributed by atoms with Crippen LogP contribution in [0.15, 0.2) is 29.4 Å². The van der Waals surface area contributed by atoms with Crippen molar-refractivity contribution in [3.05, 3.63) is 44.7 Å². The minimum absolute atomic E-state index is 0.00828. The van der Waals surface area contributed by atoms with E-state index >= 15 is 0 Å². The lowest BCUT2D eigenvalue weighted by molar-refractivity contribution is -0.00463. The molecule has 0 unspecified atom stereocenters. The molecule has 0 atom stereocenters. The normalized spacial score (nSPS) is 20.1. The third-order valence-corrected chi connectivity index (χ3v) is 6.71. The molecule has 0 bridgehead atoms. The molecule has 2 aromatic rings. The van der Waals surface area contributed by atoms with Crippen LogP contribution in [0.25, 0.3) is 0 Å². The topological polar surface area (TPSA) is 52.8 Å². The fraction of sp³-hybridized carbons (Fsp3) is 0.524. The zero-order chi connectivity index (χ0) is 20.5. The summed E-state index contributed by atoms with van der Waals surface area (Å²) in [5, 5.41) is 0.480. The number of carbonyl (C=O) groups is 1. The molecule has 0 N–H and O–H groups in total. The molecule has 152 valence electrons. The number of carbonyl (C=O) groups excluding carboxylic acids is 1. The third-order valence-electron chi connectivity index (χ3n) is 5.03. The molecule has 3 rings (SSSR count). The van der Waals surface area contributed by atoms with Gasteiger partial charge in [-0.3, -0.25) is 4.79 Å². The molecule has 0 aliphatic heterocycles. The van der Waals surface area contributed by atoms with E-state index < -0.39 is 0 Å². The Kier molecular flexibility index (Phi) is 6.32. The fourth-order valence-corrected chi connectivity index (χ4v) is 4.46. The summed E-state index contributed by atoms with van der Waals surface area (Å²) >= 11 is 7.64. The number of benzene rings is 1. The van der Waals surface area contributed by atoms with E-state index in [1.165, 1.54) is 12.0 Å². The summed E-state index contributed by atoms with van der Waals surface area (Å²) in [6, 6.07) is 4.99. The summed E-state index contributed by atoms with van der Waals surface area (Å²) in [5.74, 6) is 0.667. The molecule has 0 radical (unpaired) electrons. The minimum Gasteiger partial charge on any atom is -0.496 e. The average molecular weight is 423 g/mol. The van der Waals surface area contributed by atoms with Gasteiger partial charge in [0.1, 0.15) is 5.75 Å². The first-order valence-corrected chi connectivity index (χ1v) is 10.6. The number of aromatic nitrogens is 1. The summed E-state index contributed by atoms with van der Waals surface area (Å²) in [5.41, 5.74) is 0.362. The third kappa shape index (κ3) is 4.67. The van der Waals surface area contributed by atoms with E-state index in [0.29, 0.717) is 33.2 Å². The highest BCUT2D eigenvalue weighted by molar-refractivity contribution is 7.09. The van der Waals surface area contributed by atoms with E-state index in [4.69, 9.17) is 21.1 Å². The van der Waals surface area contributed by atoms with Gasteiger partial charge >= 0.3 is 0 Å². The summed E-state index contributed by atoms with van der Waals surface area (Å²) in [4.78, 5) is 19.2. The van der Waals surface area contributed by atoms with Crippen molar-refractivity contribution >= 4 is 28.8 Å². The Morgan fingerprint density at radius 2 is 2.04 bits per heavy atom. The fourth-order valence-electron chi connectivity index (χ4n) is 3.23. The van der Waals surface area contributed by atoms with Gasteiger partial charge in [0.05, 0.1) is 18.8 Å². The van der Waals surface area contributed by atoms with Gasteiger partial charge in [0.25, 0.3) is 5.91 Å². The molecule has 1 aliphatic rings. The highest BCUT2D eigenvalue weighted by atomic mass is 35.5. The van der Waals surface area contributed by atoms with E-state index in [-0.39, 0.29) is 11.3 Å². The summed E-state index contributed by atoms with van der Waals surface area (Å²) in [6.45, 7) is 7.34. The van der Waals surface area contributed by atoms with Gasteiger partial charge in [0.15, 0.2) is 4.80 Å². The average Bonchev–Trinajstić information content (AvgIpc) is 3.00. The van der Waals surface area contributed by atoms with Crippen LogP contribution in [0.1, 0.15) is 48.8 Å². The first kappa shape index (κ1) is 21.1.